The summed E-state index contributed by atoms with van der Waals surface area (Å²) in [5.41, 5.74) is 2.92. The third-order valence-electron chi connectivity index (χ3n) is 5.88. The van der Waals surface area contributed by atoms with Crippen molar-refractivity contribution < 1.29 is 23.9 Å². The quantitative estimate of drug-likeness (QED) is 0.572. The Morgan fingerprint density at radius 2 is 1.68 bits per heavy atom. The smallest absolute Gasteiger partial charge is 0.414 e. The standard InChI is InChI=1S/C26H21N3O5/c30-23(27-19-7-4-8-20(16-19)28-13-14-34-26(28)33)18-9-10-21-22(15-18)25(32)29(24(21)31)12-11-17-5-2-1-3-6-17/h1-10,15-16H,11-14H2,(H,27,30). The molecule has 0 unspecified atom stereocenters. The summed E-state index contributed by atoms with van der Waals surface area (Å²) >= 11 is 0. The van der Waals surface area contributed by atoms with Crippen LogP contribution in [0.5, 0.6) is 0 Å². The molecule has 2 aliphatic rings. The Morgan fingerprint density at radius 1 is 0.882 bits per heavy atom. The van der Waals surface area contributed by atoms with E-state index in [1.165, 1.54) is 28.0 Å². The summed E-state index contributed by atoms with van der Waals surface area (Å²) in [6, 6.07) is 21.0. The molecular weight excluding hydrogens is 434 g/mol. The molecule has 0 aromatic heterocycles. The van der Waals surface area contributed by atoms with Crippen molar-refractivity contribution in [3.8, 4) is 0 Å². The molecule has 34 heavy (non-hydrogen) atoms. The molecule has 0 spiro atoms. The van der Waals surface area contributed by atoms with Crippen LogP contribution in [0.2, 0.25) is 0 Å². The molecule has 3 aromatic rings. The highest BCUT2D eigenvalue weighted by Crippen LogP contribution is 2.26. The fraction of sp³-hybridized carbons (Fsp3) is 0.154. The fourth-order valence-electron chi connectivity index (χ4n) is 4.10. The molecule has 1 N–H and O–H groups in total. The summed E-state index contributed by atoms with van der Waals surface area (Å²) in [6.07, 6.45) is 0.127. The van der Waals surface area contributed by atoms with E-state index in [4.69, 9.17) is 4.74 Å². The van der Waals surface area contributed by atoms with E-state index in [1.54, 1.807) is 24.3 Å². The number of anilines is 2. The van der Waals surface area contributed by atoms with Crippen molar-refractivity contribution >= 4 is 35.2 Å². The molecule has 4 amide bonds. The Balaban J connectivity index is 1.30. The minimum atomic E-state index is -0.429. The van der Waals surface area contributed by atoms with Crippen LogP contribution in [-0.2, 0) is 11.2 Å². The number of nitrogens with zero attached hydrogens (tertiary/aromatic N) is 2. The van der Waals surface area contributed by atoms with Crippen LogP contribution in [0.15, 0.2) is 72.8 Å². The molecule has 8 nitrogen and oxygen atoms in total. The maximum Gasteiger partial charge on any atom is 0.414 e. The zero-order valence-electron chi connectivity index (χ0n) is 18.2. The van der Waals surface area contributed by atoms with Gasteiger partial charge >= 0.3 is 6.09 Å². The first kappa shape index (κ1) is 21.4. The van der Waals surface area contributed by atoms with E-state index in [1.807, 2.05) is 30.3 Å². The van der Waals surface area contributed by atoms with Gasteiger partial charge in [0.25, 0.3) is 17.7 Å². The van der Waals surface area contributed by atoms with Crippen molar-refractivity contribution in [2.75, 3.05) is 29.9 Å². The van der Waals surface area contributed by atoms with Gasteiger partial charge in [0.05, 0.1) is 17.7 Å². The predicted molar refractivity (Wildman–Crippen MR) is 125 cm³/mol. The third kappa shape index (κ3) is 4.01. The van der Waals surface area contributed by atoms with Crippen LogP contribution in [0.25, 0.3) is 0 Å². The Hall–Kier alpha value is -4.46. The summed E-state index contributed by atoms with van der Waals surface area (Å²) in [5, 5.41) is 2.78. The van der Waals surface area contributed by atoms with Gasteiger partial charge < -0.3 is 10.1 Å². The molecule has 2 heterocycles. The van der Waals surface area contributed by atoms with E-state index >= 15 is 0 Å². The lowest BCUT2D eigenvalue weighted by molar-refractivity contribution is 0.0656. The van der Waals surface area contributed by atoms with Gasteiger partial charge in [-0.3, -0.25) is 24.2 Å². The predicted octanol–water partition coefficient (Wildman–Crippen LogP) is 3.73. The highest BCUT2D eigenvalue weighted by molar-refractivity contribution is 6.22. The molecule has 1 fully saturated rings. The number of carbonyl (C=O) groups excluding carboxylic acids is 4. The molecule has 2 aliphatic heterocycles. The number of benzene rings is 3. The second-order valence-electron chi connectivity index (χ2n) is 8.03. The van der Waals surface area contributed by atoms with Crippen LogP contribution in [0.4, 0.5) is 16.2 Å². The minimum absolute atomic E-state index is 0.222. The first-order valence-corrected chi connectivity index (χ1v) is 10.9. The molecule has 3 aromatic carbocycles. The number of cyclic esters (lactones) is 1. The second-order valence-corrected chi connectivity index (χ2v) is 8.03. The Bertz CT molecular complexity index is 1300. The van der Waals surface area contributed by atoms with E-state index in [-0.39, 0.29) is 23.6 Å². The normalized spacial score (nSPS) is 14.9. The summed E-state index contributed by atoms with van der Waals surface area (Å²) in [4.78, 5) is 53.0. The van der Waals surface area contributed by atoms with Gasteiger partial charge in [-0.2, -0.15) is 0 Å². The molecule has 1 saturated heterocycles. The van der Waals surface area contributed by atoms with Crippen LogP contribution in [0.1, 0.15) is 36.6 Å². The first-order valence-electron chi connectivity index (χ1n) is 10.9. The van der Waals surface area contributed by atoms with E-state index in [0.29, 0.717) is 36.5 Å². The first-order chi connectivity index (χ1) is 16.5. The maximum atomic E-state index is 12.9. The molecule has 0 bridgehead atoms. The molecule has 170 valence electrons. The Labute approximate surface area is 195 Å². The summed E-state index contributed by atoms with van der Waals surface area (Å²) < 4.78 is 4.96. The van der Waals surface area contributed by atoms with Crippen LogP contribution in [0.3, 0.4) is 0 Å². The number of imide groups is 1. The Morgan fingerprint density at radius 3 is 2.44 bits per heavy atom. The molecule has 8 heteroatoms. The second kappa shape index (κ2) is 8.82. The molecule has 0 atom stereocenters. The van der Waals surface area contributed by atoms with Crippen LogP contribution < -0.4 is 10.2 Å². The largest absolute Gasteiger partial charge is 0.447 e. The van der Waals surface area contributed by atoms with Gasteiger partial charge in [-0.25, -0.2) is 4.79 Å². The molecule has 5 rings (SSSR count). The fourth-order valence-corrected chi connectivity index (χ4v) is 4.10. The lowest BCUT2D eigenvalue weighted by Gasteiger charge is -2.14. The molecule has 0 aliphatic carbocycles. The number of hydrogen-bond donors (Lipinski definition) is 1. The Kier molecular flexibility index (Phi) is 5.55. The van der Waals surface area contributed by atoms with Gasteiger partial charge in [0.15, 0.2) is 0 Å². The van der Waals surface area contributed by atoms with Gasteiger partial charge in [0.1, 0.15) is 6.61 Å². The molecule has 0 radical (unpaired) electrons. The zero-order chi connectivity index (χ0) is 23.7. The highest BCUT2D eigenvalue weighted by Gasteiger charge is 2.35. The number of rotatable bonds is 6. The van der Waals surface area contributed by atoms with E-state index < -0.39 is 17.9 Å². The van der Waals surface area contributed by atoms with Gasteiger partial charge in [-0.05, 0) is 48.4 Å². The number of fused-ring (bicyclic) bond motifs is 1. The minimum Gasteiger partial charge on any atom is -0.447 e. The number of amides is 4. The average molecular weight is 455 g/mol. The number of ether oxygens (including phenoxy) is 1. The van der Waals surface area contributed by atoms with Crippen LogP contribution >= 0.6 is 0 Å². The highest BCUT2D eigenvalue weighted by atomic mass is 16.6. The third-order valence-corrected chi connectivity index (χ3v) is 5.88. The van der Waals surface area contributed by atoms with E-state index in [2.05, 4.69) is 5.32 Å². The van der Waals surface area contributed by atoms with Crippen LogP contribution in [0, 0.1) is 0 Å². The number of carbonyl (C=O) groups is 4. The topological polar surface area (TPSA) is 96.0 Å². The van der Waals surface area contributed by atoms with Gasteiger partial charge in [-0.1, -0.05) is 36.4 Å². The van der Waals surface area contributed by atoms with Gasteiger partial charge in [0, 0.05) is 23.5 Å². The zero-order valence-corrected chi connectivity index (χ0v) is 18.2. The van der Waals surface area contributed by atoms with Gasteiger partial charge in [-0.15, -0.1) is 0 Å². The summed E-state index contributed by atoms with van der Waals surface area (Å²) in [5.74, 6) is -1.18. The van der Waals surface area contributed by atoms with E-state index in [9.17, 15) is 19.2 Å². The maximum absolute atomic E-state index is 12.9. The van der Waals surface area contributed by atoms with E-state index in [0.717, 1.165) is 5.56 Å². The van der Waals surface area contributed by atoms with Crippen molar-refractivity contribution in [2.24, 2.45) is 0 Å². The van der Waals surface area contributed by atoms with Crippen molar-refractivity contribution in [1.82, 2.24) is 4.90 Å². The van der Waals surface area contributed by atoms with Crippen molar-refractivity contribution in [1.29, 1.82) is 0 Å². The van der Waals surface area contributed by atoms with Crippen molar-refractivity contribution in [3.63, 3.8) is 0 Å². The lowest BCUT2D eigenvalue weighted by atomic mass is 10.1. The molecule has 0 saturated carbocycles. The van der Waals surface area contributed by atoms with Crippen LogP contribution in [-0.4, -0.2) is 48.4 Å². The molecular formula is C26H21N3O5. The lowest BCUT2D eigenvalue weighted by Crippen LogP contribution is -2.31. The monoisotopic (exact) mass is 455 g/mol. The van der Waals surface area contributed by atoms with Gasteiger partial charge in [0.2, 0.25) is 0 Å². The average Bonchev–Trinajstić information content (AvgIpc) is 3.39. The van der Waals surface area contributed by atoms with Crippen molar-refractivity contribution in [2.45, 2.75) is 6.42 Å². The summed E-state index contributed by atoms with van der Waals surface area (Å²) in [7, 11) is 0. The summed E-state index contributed by atoms with van der Waals surface area (Å²) in [6.45, 7) is 1.03. The van der Waals surface area contributed by atoms with Crippen molar-refractivity contribution in [3.05, 3.63) is 95.1 Å². The number of hydrogen-bond acceptors (Lipinski definition) is 5. The SMILES string of the molecule is O=C(Nc1cccc(N2CCOC2=O)c1)c1ccc2c(c1)C(=O)N(CCc1ccccc1)C2=O. The number of nitrogens with one attached hydrogen (secondary N) is 1.